The summed E-state index contributed by atoms with van der Waals surface area (Å²) >= 11 is 0. The molecular weight excluding hydrogens is 228 g/mol. The zero-order chi connectivity index (χ0) is 12.4. The Morgan fingerprint density at radius 2 is 2.24 bits per heavy atom. The van der Waals surface area contributed by atoms with Gasteiger partial charge in [-0.05, 0) is 0 Å². The Morgan fingerprint density at radius 1 is 1.47 bits per heavy atom. The molecule has 2 N–H and O–H groups in total. The van der Waals surface area contributed by atoms with E-state index < -0.39 is 18.1 Å². The van der Waals surface area contributed by atoms with Crippen molar-refractivity contribution in [2.24, 2.45) is 0 Å². The van der Waals surface area contributed by atoms with Gasteiger partial charge in [-0.2, -0.15) is 5.10 Å². The highest BCUT2D eigenvalue weighted by Gasteiger charge is 2.10. The summed E-state index contributed by atoms with van der Waals surface area (Å²) in [5.74, 6) is -1.11. The van der Waals surface area contributed by atoms with Crippen LogP contribution in [0.5, 0.6) is 0 Å². The number of aliphatic hydroxyl groups excluding tert-OH is 1. The molecule has 90 valence electrons. The molecule has 8 nitrogen and oxygen atoms in total. The van der Waals surface area contributed by atoms with Gasteiger partial charge in [0.25, 0.3) is 5.56 Å². The first kappa shape index (κ1) is 11.3. The summed E-state index contributed by atoms with van der Waals surface area (Å²) in [5, 5.41) is 21.5. The highest BCUT2D eigenvalue weighted by Crippen LogP contribution is 2.04. The van der Waals surface area contributed by atoms with Crippen molar-refractivity contribution in [2.45, 2.75) is 13.1 Å². The molecule has 2 aromatic heterocycles. The van der Waals surface area contributed by atoms with Crippen molar-refractivity contribution in [3.8, 4) is 0 Å². The topological polar surface area (TPSA) is 110 Å². The third kappa shape index (κ3) is 2.02. The molecule has 0 aliphatic heterocycles. The van der Waals surface area contributed by atoms with Crippen LogP contribution in [-0.2, 0) is 17.9 Å². The number of nitrogens with zero attached hydrogens (tertiary/aromatic N) is 4. The standard InChI is InChI=1S/C9H10N4O4/c14-2-1-13-8-6(3-11-13)9(17)12(5-10-8)4-7(15)16/h3,5,14H,1-2,4H2,(H,15,16). The van der Waals surface area contributed by atoms with Crippen LogP contribution in [0.4, 0.5) is 0 Å². The summed E-state index contributed by atoms with van der Waals surface area (Å²) in [5.41, 5.74) is -0.118. The van der Waals surface area contributed by atoms with Gasteiger partial charge in [0.05, 0.1) is 19.3 Å². The van der Waals surface area contributed by atoms with Crippen molar-refractivity contribution in [1.82, 2.24) is 19.3 Å². The van der Waals surface area contributed by atoms with Gasteiger partial charge < -0.3 is 10.2 Å². The zero-order valence-corrected chi connectivity index (χ0v) is 8.78. The number of aromatic nitrogens is 4. The van der Waals surface area contributed by atoms with E-state index in [9.17, 15) is 9.59 Å². The first-order chi connectivity index (χ1) is 8.13. The van der Waals surface area contributed by atoms with Crippen molar-refractivity contribution in [3.05, 3.63) is 22.9 Å². The zero-order valence-electron chi connectivity index (χ0n) is 8.78. The number of carboxylic acids is 1. The van der Waals surface area contributed by atoms with Crippen molar-refractivity contribution < 1.29 is 15.0 Å². The normalized spacial score (nSPS) is 10.9. The second kappa shape index (κ2) is 4.34. The lowest BCUT2D eigenvalue weighted by Crippen LogP contribution is -2.24. The fourth-order valence-corrected chi connectivity index (χ4v) is 1.51. The molecule has 8 heteroatoms. The number of aliphatic carboxylic acids is 1. The van der Waals surface area contributed by atoms with Crippen LogP contribution in [0.1, 0.15) is 0 Å². The van der Waals surface area contributed by atoms with Gasteiger partial charge in [-0.3, -0.25) is 14.2 Å². The number of carboxylic acid groups (broad SMARTS) is 1. The van der Waals surface area contributed by atoms with Gasteiger partial charge in [0.2, 0.25) is 0 Å². The second-order valence-corrected chi connectivity index (χ2v) is 3.40. The maximum absolute atomic E-state index is 11.8. The predicted octanol–water partition coefficient (Wildman–Crippen LogP) is -1.33. The van der Waals surface area contributed by atoms with Crippen molar-refractivity contribution in [1.29, 1.82) is 0 Å². The van der Waals surface area contributed by atoms with Crippen LogP contribution in [0.15, 0.2) is 17.3 Å². The lowest BCUT2D eigenvalue weighted by molar-refractivity contribution is -0.137. The number of aliphatic hydroxyl groups is 1. The first-order valence-electron chi connectivity index (χ1n) is 4.87. The average molecular weight is 238 g/mol. The summed E-state index contributed by atoms with van der Waals surface area (Å²) in [4.78, 5) is 26.3. The van der Waals surface area contributed by atoms with Gasteiger partial charge >= 0.3 is 5.97 Å². The van der Waals surface area contributed by atoms with Gasteiger partial charge in [-0.1, -0.05) is 0 Å². The molecule has 0 aliphatic carbocycles. The van der Waals surface area contributed by atoms with Gasteiger partial charge in [-0.15, -0.1) is 0 Å². The van der Waals surface area contributed by atoms with Crippen molar-refractivity contribution in [3.63, 3.8) is 0 Å². The van der Waals surface area contributed by atoms with Crippen LogP contribution >= 0.6 is 0 Å². The number of rotatable bonds is 4. The third-order valence-corrected chi connectivity index (χ3v) is 2.24. The molecule has 0 saturated heterocycles. The minimum atomic E-state index is -1.11. The van der Waals surface area contributed by atoms with E-state index in [1.54, 1.807) is 0 Å². The fourth-order valence-electron chi connectivity index (χ4n) is 1.51. The molecule has 0 radical (unpaired) electrons. The van der Waals surface area contributed by atoms with E-state index in [4.69, 9.17) is 10.2 Å². The smallest absolute Gasteiger partial charge is 0.323 e. The molecule has 0 unspecified atom stereocenters. The van der Waals surface area contributed by atoms with E-state index in [0.29, 0.717) is 5.65 Å². The predicted molar refractivity (Wildman–Crippen MR) is 56.5 cm³/mol. The maximum Gasteiger partial charge on any atom is 0.323 e. The largest absolute Gasteiger partial charge is 0.480 e. The van der Waals surface area contributed by atoms with Crippen LogP contribution in [0.3, 0.4) is 0 Å². The molecule has 0 aromatic carbocycles. The Hall–Kier alpha value is -2.22. The third-order valence-electron chi connectivity index (χ3n) is 2.24. The maximum atomic E-state index is 11.8. The Bertz CT molecular complexity index is 615. The average Bonchev–Trinajstić information content (AvgIpc) is 2.67. The summed E-state index contributed by atoms with van der Waals surface area (Å²) in [6.45, 7) is -0.317. The van der Waals surface area contributed by atoms with Crippen LogP contribution in [0.25, 0.3) is 11.0 Å². The minimum absolute atomic E-state index is 0.114. The lowest BCUT2D eigenvalue weighted by Gasteiger charge is -2.02. The molecule has 0 aliphatic rings. The molecule has 0 saturated carbocycles. The lowest BCUT2D eigenvalue weighted by atomic mass is 10.4. The van der Waals surface area contributed by atoms with E-state index in [1.165, 1.54) is 10.9 Å². The Labute approximate surface area is 94.7 Å². The quantitative estimate of drug-likeness (QED) is 0.682. The van der Waals surface area contributed by atoms with Crippen molar-refractivity contribution in [2.75, 3.05) is 6.61 Å². The number of carbonyl (C=O) groups is 1. The highest BCUT2D eigenvalue weighted by molar-refractivity contribution is 5.73. The number of hydrogen-bond acceptors (Lipinski definition) is 5. The molecule has 0 fully saturated rings. The Morgan fingerprint density at radius 3 is 2.88 bits per heavy atom. The first-order valence-corrected chi connectivity index (χ1v) is 4.87. The SMILES string of the molecule is O=C(O)Cn1cnc2c(cnn2CCO)c1=O. The van der Waals surface area contributed by atoms with Crippen LogP contribution < -0.4 is 5.56 Å². The number of hydrogen-bond donors (Lipinski definition) is 2. The summed E-state index contributed by atoms with van der Waals surface area (Å²) in [6.07, 6.45) is 2.48. The van der Waals surface area contributed by atoms with E-state index >= 15 is 0 Å². The van der Waals surface area contributed by atoms with Crippen LogP contribution in [-0.4, -0.2) is 42.1 Å². The second-order valence-electron chi connectivity index (χ2n) is 3.40. The number of fused-ring (bicyclic) bond motifs is 1. The van der Waals surface area contributed by atoms with Gasteiger partial charge in [-0.25, -0.2) is 9.67 Å². The van der Waals surface area contributed by atoms with Gasteiger partial charge in [0, 0.05) is 0 Å². The van der Waals surface area contributed by atoms with E-state index in [2.05, 4.69) is 10.1 Å². The summed E-state index contributed by atoms with van der Waals surface area (Å²) in [6, 6.07) is 0. The fraction of sp³-hybridized carbons (Fsp3) is 0.333. The van der Waals surface area contributed by atoms with E-state index in [0.717, 1.165) is 10.9 Å². The van der Waals surface area contributed by atoms with E-state index in [-0.39, 0.29) is 18.5 Å². The van der Waals surface area contributed by atoms with E-state index in [1.807, 2.05) is 0 Å². The molecule has 2 aromatic rings. The molecule has 17 heavy (non-hydrogen) atoms. The van der Waals surface area contributed by atoms with Crippen LogP contribution in [0.2, 0.25) is 0 Å². The van der Waals surface area contributed by atoms with Gasteiger partial charge in [0.1, 0.15) is 18.3 Å². The summed E-state index contributed by atoms with van der Waals surface area (Å²) in [7, 11) is 0. The minimum Gasteiger partial charge on any atom is -0.480 e. The Balaban J connectivity index is 2.54. The molecule has 0 bridgehead atoms. The summed E-state index contributed by atoms with van der Waals surface area (Å²) < 4.78 is 2.39. The van der Waals surface area contributed by atoms with Crippen LogP contribution in [0, 0.1) is 0 Å². The van der Waals surface area contributed by atoms with Crippen molar-refractivity contribution >= 4 is 17.0 Å². The molecular formula is C9H10N4O4. The molecule has 0 spiro atoms. The molecule has 2 rings (SSSR count). The molecule has 0 amide bonds. The Kier molecular flexibility index (Phi) is 2.88. The molecule has 0 atom stereocenters. The molecule has 2 heterocycles. The highest BCUT2D eigenvalue weighted by atomic mass is 16.4. The monoisotopic (exact) mass is 238 g/mol. The van der Waals surface area contributed by atoms with Gasteiger partial charge in [0.15, 0.2) is 5.65 Å².